The Labute approximate surface area is 244 Å². The molecule has 2 aromatic heterocycles. The molecule has 42 heavy (non-hydrogen) atoms. The second-order valence-electron chi connectivity index (χ2n) is 10.2. The number of nitrogens with one attached hydrogen (secondary N) is 1. The molecule has 0 fully saturated rings. The predicted molar refractivity (Wildman–Crippen MR) is 161 cm³/mol. The summed E-state index contributed by atoms with van der Waals surface area (Å²) in [7, 11) is 0. The van der Waals surface area contributed by atoms with Crippen molar-refractivity contribution in [1.82, 2.24) is 9.55 Å². The number of nitrogens with zero attached hydrogens (tertiary/aromatic N) is 2. The second-order valence-corrected chi connectivity index (χ2v) is 11.3. The van der Waals surface area contributed by atoms with Crippen molar-refractivity contribution < 1.29 is 19.0 Å². The van der Waals surface area contributed by atoms with Crippen molar-refractivity contribution >= 4 is 34.3 Å². The van der Waals surface area contributed by atoms with Gasteiger partial charge in [-0.05, 0) is 62.2 Å². The lowest BCUT2D eigenvalue weighted by Crippen LogP contribution is -2.39. The standard InChI is InChI=1S/C33H27N3O5S/c1-4-39-32(38)28-19(3)34-33-36(30(28)21-11-13-25-26(15-21)41-17-40-25)31(37)27(42-33)16-23-22-14-18(2)10-12-24(22)35-29(23)20-8-6-5-7-9-20/h5-16,30,35H,4,17H2,1-3H3/b27-16+/t30-/m1/s1. The molecule has 1 N–H and O–H groups in total. The van der Waals surface area contributed by atoms with Crippen molar-refractivity contribution in [3.63, 3.8) is 0 Å². The van der Waals surface area contributed by atoms with Crippen molar-refractivity contribution in [3.8, 4) is 22.8 Å². The smallest absolute Gasteiger partial charge is 0.338 e. The van der Waals surface area contributed by atoms with E-state index in [1.807, 2.05) is 48.5 Å². The third-order valence-corrected chi connectivity index (χ3v) is 8.54. The molecule has 0 saturated heterocycles. The topological polar surface area (TPSA) is 94.9 Å². The molecule has 3 aromatic carbocycles. The molecule has 0 spiro atoms. The van der Waals surface area contributed by atoms with Crippen molar-refractivity contribution in [3.05, 3.63) is 114 Å². The summed E-state index contributed by atoms with van der Waals surface area (Å²) in [6.45, 7) is 5.91. The van der Waals surface area contributed by atoms with E-state index >= 15 is 0 Å². The number of thiazole rings is 1. The number of aromatic nitrogens is 2. The van der Waals surface area contributed by atoms with Crippen molar-refractivity contribution in [1.29, 1.82) is 0 Å². The van der Waals surface area contributed by atoms with E-state index in [4.69, 9.17) is 19.2 Å². The maximum atomic E-state index is 14.3. The molecule has 210 valence electrons. The first-order chi connectivity index (χ1) is 20.4. The molecule has 0 aliphatic carbocycles. The van der Waals surface area contributed by atoms with Crippen molar-refractivity contribution in [2.45, 2.75) is 26.8 Å². The molecular formula is C33H27N3O5S. The Bertz CT molecular complexity index is 2100. The van der Waals surface area contributed by atoms with E-state index in [0.29, 0.717) is 37.7 Å². The number of carbonyl (C=O) groups is 1. The summed E-state index contributed by atoms with van der Waals surface area (Å²) in [6, 6.07) is 21.0. The van der Waals surface area contributed by atoms with E-state index in [-0.39, 0.29) is 19.0 Å². The molecule has 4 heterocycles. The number of H-pyrrole nitrogens is 1. The number of hydrogen-bond donors (Lipinski definition) is 1. The molecule has 0 unspecified atom stereocenters. The second kappa shape index (κ2) is 10.2. The fourth-order valence-electron chi connectivity index (χ4n) is 5.63. The minimum Gasteiger partial charge on any atom is -0.463 e. The minimum absolute atomic E-state index is 0.120. The molecule has 0 amide bonds. The molecule has 1 atom stereocenters. The third-order valence-electron chi connectivity index (χ3n) is 7.56. The van der Waals surface area contributed by atoms with Gasteiger partial charge in [0, 0.05) is 16.5 Å². The Morgan fingerprint density at radius 2 is 1.90 bits per heavy atom. The lowest BCUT2D eigenvalue weighted by molar-refractivity contribution is -0.139. The first kappa shape index (κ1) is 26.0. The van der Waals surface area contributed by atoms with E-state index in [2.05, 4.69) is 30.1 Å². The number of benzene rings is 3. The van der Waals surface area contributed by atoms with Gasteiger partial charge in [-0.25, -0.2) is 9.79 Å². The summed E-state index contributed by atoms with van der Waals surface area (Å²) in [5.41, 5.74) is 6.27. The summed E-state index contributed by atoms with van der Waals surface area (Å²) in [4.78, 5) is 36.3. The highest BCUT2D eigenvalue weighted by Gasteiger charge is 2.34. The number of allylic oxidation sites excluding steroid dienone is 1. The average Bonchev–Trinajstić information content (AvgIpc) is 3.68. The van der Waals surface area contributed by atoms with Crippen LogP contribution < -0.4 is 24.4 Å². The Kier molecular flexibility index (Phi) is 6.31. The monoisotopic (exact) mass is 577 g/mol. The molecular weight excluding hydrogens is 550 g/mol. The van der Waals surface area contributed by atoms with E-state index in [1.165, 1.54) is 11.3 Å². The van der Waals surface area contributed by atoms with Crippen LogP contribution in [0.15, 0.2) is 87.8 Å². The van der Waals surface area contributed by atoms with Crippen molar-refractivity contribution in [2.24, 2.45) is 4.99 Å². The Morgan fingerprint density at radius 1 is 1.10 bits per heavy atom. The molecule has 0 saturated carbocycles. The number of aryl methyl sites for hydroxylation is 1. The van der Waals surface area contributed by atoms with Gasteiger partial charge in [-0.2, -0.15) is 0 Å². The zero-order valence-corrected chi connectivity index (χ0v) is 24.1. The zero-order valence-electron chi connectivity index (χ0n) is 23.3. The SMILES string of the molecule is CCOC(=O)C1=C(C)N=c2s/c(=C/c3c(-c4ccccc4)[nH]c4ccc(C)cc34)c(=O)n2[C@@H]1c1ccc2c(c1)OCO2. The normalized spacial score (nSPS) is 16.1. The van der Waals surface area contributed by atoms with E-state index in [0.717, 1.165) is 33.3 Å². The fraction of sp³-hybridized carbons (Fsp3) is 0.182. The van der Waals surface area contributed by atoms with Crippen molar-refractivity contribution in [2.75, 3.05) is 13.4 Å². The number of rotatable bonds is 5. The van der Waals surface area contributed by atoms with Crippen LogP contribution in [0.4, 0.5) is 0 Å². The van der Waals surface area contributed by atoms with Crippen LogP contribution in [-0.2, 0) is 9.53 Å². The van der Waals surface area contributed by atoms with E-state index in [9.17, 15) is 9.59 Å². The summed E-state index contributed by atoms with van der Waals surface area (Å²) in [6.07, 6.45) is 1.94. The van der Waals surface area contributed by atoms with Gasteiger partial charge >= 0.3 is 5.97 Å². The van der Waals surface area contributed by atoms with E-state index < -0.39 is 12.0 Å². The van der Waals surface area contributed by atoms with Crippen LogP contribution in [0.5, 0.6) is 11.5 Å². The Hall–Kier alpha value is -4.89. The van der Waals surface area contributed by atoms with Gasteiger partial charge in [0.05, 0.1) is 34.1 Å². The lowest BCUT2D eigenvalue weighted by atomic mass is 9.95. The molecule has 0 bridgehead atoms. The highest BCUT2D eigenvalue weighted by Crippen LogP contribution is 2.38. The first-order valence-corrected chi connectivity index (χ1v) is 14.5. The summed E-state index contributed by atoms with van der Waals surface area (Å²) in [5.74, 6) is 0.677. The Balaban J connectivity index is 1.47. The highest BCUT2D eigenvalue weighted by atomic mass is 32.1. The third kappa shape index (κ3) is 4.24. The summed E-state index contributed by atoms with van der Waals surface area (Å²) < 4.78 is 18.7. The van der Waals surface area contributed by atoms with Crippen LogP contribution in [0.3, 0.4) is 0 Å². The maximum Gasteiger partial charge on any atom is 0.338 e. The molecule has 5 aromatic rings. The van der Waals surface area contributed by atoms with Crippen LogP contribution in [0, 0.1) is 6.92 Å². The minimum atomic E-state index is -0.740. The molecule has 2 aliphatic heterocycles. The van der Waals surface area contributed by atoms with Gasteiger partial charge in [0.1, 0.15) is 0 Å². The molecule has 2 aliphatic rings. The van der Waals surface area contributed by atoms with Crippen LogP contribution in [0.25, 0.3) is 28.2 Å². The first-order valence-electron chi connectivity index (χ1n) is 13.7. The molecule has 9 heteroatoms. The van der Waals surface area contributed by atoms with Gasteiger partial charge in [0.15, 0.2) is 16.3 Å². The molecule has 8 nitrogen and oxygen atoms in total. The van der Waals surface area contributed by atoms with Crippen LogP contribution >= 0.6 is 11.3 Å². The number of esters is 1. The highest BCUT2D eigenvalue weighted by molar-refractivity contribution is 7.07. The zero-order chi connectivity index (χ0) is 29.0. The van der Waals surface area contributed by atoms with Gasteiger partial charge in [-0.1, -0.05) is 59.4 Å². The van der Waals surface area contributed by atoms with Gasteiger partial charge < -0.3 is 19.2 Å². The number of aromatic amines is 1. The van der Waals surface area contributed by atoms with Crippen LogP contribution in [-0.4, -0.2) is 28.9 Å². The van der Waals surface area contributed by atoms with E-state index in [1.54, 1.807) is 24.5 Å². The summed E-state index contributed by atoms with van der Waals surface area (Å²) >= 11 is 1.30. The summed E-state index contributed by atoms with van der Waals surface area (Å²) in [5, 5.41) is 1.02. The van der Waals surface area contributed by atoms with Gasteiger partial charge in [0.2, 0.25) is 6.79 Å². The maximum absolute atomic E-state index is 14.3. The average molecular weight is 578 g/mol. The largest absolute Gasteiger partial charge is 0.463 e. The molecule has 0 radical (unpaired) electrons. The van der Waals surface area contributed by atoms with Gasteiger partial charge in [-0.3, -0.25) is 9.36 Å². The van der Waals surface area contributed by atoms with Crippen LogP contribution in [0.2, 0.25) is 0 Å². The quantitative estimate of drug-likeness (QED) is 0.297. The number of carbonyl (C=O) groups excluding carboxylic acids is 1. The van der Waals surface area contributed by atoms with Gasteiger partial charge in [0.25, 0.3) is 5.56 Å². The number of hydrogen-bond acceptors (Lipinski definition) is 7. The predicted octanol–water partition coefficient (Wildman–Crippen LogP) is 4.98. The fourth-order valence-corrected chi connectivity index (χ4v) is 6.66. The van der Waals surface area contributed by atoms with Crippen LogP contribution in [0.1, 0.15) is 36.6 Å². The number of fused-ring (bicyclic) bond motifs is 3. The lowest BCUT2D eigenvalue weighted by Gasteiger charge is -2.24. The van der Waals surface area contributed by atoms with Gasteiger partial charge in [-0.15, -0.1) is 0 Å². The number of ether oxygens (including phenoxy) is 3. The molecule has 7 rings (SSSR count). The Morgan fingerprint density at radius 3 is 2.71 bits per heavy atom.